The van der Waals surface area contributed by atoms with Gasteiger partial charge in [0.1, 0.15) is 11.5 Å². The third kappa shape index (κ3) is 4.43. The third-order valence-electron chi connectivity index (χ3n) is 4.85. The highest BCUT2D eigenvalue weighted by atomic mass is 79.9. The molecule has 1 atom stereocenters. The second-order valence-electron chi connectivity index (χ2n) is 6.82. The highest BCUT2D eigenvalue weighted by Gasteiger charge is 2.28. The molecule has 0 spiro atoms. The molecule has 27 heavy (non-hydrogen) atoms. The van der Waals surface area contributed by atoms with Crippen LogP contribution in [0.4, 0.5) is 5.00 Å². The van der Waals surface area contributed by atoms with Crippen LogP contribution >= 0.6 is 27.3 Å². The van der Waals surface area contributed by atoms with Gasteiger partial charge in [-0.3, -0.25) is 9.48 Å². The molecule has 0 saturated heterocycles. The molecule has 2 aromatic rings. The van der Waals surface area contributed by atoms with E-state index in [1.807, 2.05) is 20.8 Å². The van der Waals surface area contributed by atoms with Gasteiger partial charge in [0.05, 0.1) is 28.0 Å². The number of esters is 1. The number of carbonyl (C=O) groups is 2. The SMILES string of the molecule is CCC(C)OC(=O)c1c(NC(=O)Cn2ncc(Br)c2C)sc2c1CCCC2. The Morgan fingerprint density at radius 1 is 1.41 bits per heavy atom. The number of thiophene rings is 1. The molecule has 6 nitrogen and oxygen atoms in total. The maximum atomic E-state index is 12.8. The molecule has 1 amide bonds. The zero-order valence-electron chi connectivity index (χ0n) is 15.8. The molecule has 0 saturated carbocycles. The van der Waals surface area contributed by atoms with E-state index in [9.17, 15) is 9.59 Å². The van der Waals surface area contributed by atoms with E-state index in [1.54, 1.807) is 10.9 Å². The fourth-order valence-corrected chi connectivity index (χ4v) is 4.67. The number of nitrogens with zero attached hydrogens (tertiary/aromatic N) is 2. The first-order chi connectivity index (χ1) is 12.9. The van der Waals surface area contributed by atoms with Crippen LogP contribution in [0, 0.1) is 6.92 Å². The number of aromatic nitrogens is 2. The van der Waals surface area contributed by atoms with E-state index < -0.39 is 0 Å². The fraction of sp³-hybridized carbons (Fsp3) is 0.526. The van der Waals surface area contributed by atoms with Crippen molar-refractivity contribution in [3.8, 4) is 0 Å². The quantitative estimate of drug-likeness (QED) is 0.653. The van der Waals surface area contributed by atoms with Crippen LogP contribution in [0.25, 0.3) is 0 Å². The van der Waals surface area contributed by atoms with Crippen molar-refractivity contribution in [2.45, 2.75) is 65.5 Å². The van der Waals surface area contributed by atoms with Gasteiger partial charge in [0.2, 0.25) is 5.91 Å². The van der Waals surface area contributed by atoms with Gasteiger partial charge in [-0.05, 0) is 67.4 Å². The molecule has 1 aliphatic rings. The Kier molecular flexibility index (Phi) is 6.37. The Morgan fingerprint density at radius 2 is 2.15 bits per heavy atom. The topological polar surface area (TPSA) is 73.2 Å². The van der Waals surface area contributed by atoms with Crippen LogP contribution in [0.5, 0.6) is 0 Å². The van der Waals surface area contributed by atoms with Crippen molar-refractivity contribution < 1.29 is 14.3 Å². The number of amides is 1. The standard InChI is InChI=1S/C19H24BrN3O3S/c1-4-11(2)26-19(25)17-13-7-5-6-8-15(13)27-18(17)22-16(24)10-23-12(3)14(20)9-21-23/h9,11H,4-8,10H2,1-3H3,(H,22,24). The highest BCUT2D eigenvalue weighted by molar-refractivity contribution is 9.10. The molecule has 0 bridgehead atoms. The fourth-order valence-electron chi connectivity index (χ4n) is 3.08. The smallest absolute Gasteiger partial charge is 0.341 e. The van der Waals surface area contributed by atoms with Crippen LogP contribution in [0.2, 0.25) is 0 Å². The Balaban J connectivity index is 1.83. The van der Waals surface area contributed by atoms with E-state index >= 15 is 0 Å². The van der Waals surface area contributed by atoms with E-state index in [-0.39, 0.29) is 24.5 Å². The summed E-state index contributed by atoms with van der Waals surface area (Å²) in [5, 5.41) is 7.72. The van der Waals surface area contributed by atoms with Gasteiger partial charge in [0.15, 0.2) is 0 Å². The highest BCUT2D eigenvalue weighted by Crippen LogP contribution is 2.38. The maximum absolute atomic E-state index is 12.8. The van der Waals surface area contributed by atoms with Crippen LogP contribution in [0.3, 0.4) is 0 Å². The summed E-state index contributed by atoms with van der Waals surface area (Å²) in [4.78, 5) is 26.5. The first kappa shape index (κ1) is 20.1. The van der Waals surface area contributed by atoms with E-state index in [4.69, 9.17) is 4.74 Å². The molecule has 3 rings (SSSR count). The summed E-state index contributed by atoms with van der Waals surface area (Å²) >= 11 is 4.90. The van der Waals surface area contributed by atoms with E-state index in [0.29, 0.717) is 10.6 Å². The van der Waals surface area contributed by atoms with Gasteiger partial charge >= 0.3 is 5.97 Å². The zero-order valence-corrected chi connectivity index (χ0v) is 18.2. The van der Waals surface area contributed by atoms with Gasteiger partial charge in [-0.25, -0.2) is 4.79 Å². The van der Waals surface area contributed by atoms with E-state index in [1.165, 1.54) is 16.2 Å². The van der Waals surface area contributed by atoms with Crippen LogP contribution in [0.1, 0.15) is 59.6 Å². The Labute approximate surface area is 171 Å². The molecule has 2 heterocycles. The van der Waals surface area contributed by atoms with Crippen molar-refractivity contribution in [3.63, 3.8) is 0 Å². The van der Waals surface area contributed by atoms with Crippen LogP contribution in [-0.4, -0.2) is 27.8 Å². The van der Waals surface area contributed by atoms with Crippen molar-refractivity contribution >= 4 is 44.1 Å². The molecule has 0 radical (unpaired) electrons. The molecule has 146 valence electrons. The summed E-state index contributed by atoms with van der Waals surface area (Å²) in [6, 6.07) is 0. The van der Waals surface area contributed by atoms with Gasteiger partial charge in [0, 0.05) is 4.88 Å². The number of fused-ring (bicyclic) bond motifs is 1. The number of hydrogen-bond acceptors (Lipinski definition) is 5. The summed E-state index contributed by atoms with van der Waals surface area (Å²) in [7, 11) is 0. The number of rotatable bonds is 6. The largest absolute Gasteiger partial charge is 0.459 e. The number of halogens is 1. The molecule has 1 aliphatic carbocycles. The van der Waals surface area contributed by atoms with E-state index in [0.717, 1.165) is 47.8 Å². The second kappa shape index (κ2) is 8.56. The molecule has 0 aliphatic heterocycles. The van der Waals surface area contributed by atoms with Gasteiger partial charge in [-0.2, -0.15) is 5.10 Å². The normalized spacial score (nSPS) is 14.5. The second-order valence-corrected chi connectivity index (χ2v) is 8.78. The summed E-state index contributed by atoms with van der Waals surface area (Å²) in [6.45, 7) is 5.85. The summed E-state index contributed by atoms with van der Waals surface area (Å²) < 4.78 is 8.06. The first-order valence-electron chi connectivity index (χ1n) is 9.24. The molecular formula is C19H24BrN3O3S. The third-order valence-corrected chi connectivity index (χ3v) is 6.83. The summed E-state index contributed by atoms with van der Waals surface area (Å²) in [5.41, 5.74) is 2.47. The Bertz CT molecular complexity index is 859. The lowest BCUT2D eigenvalue weighted by atomic mass is 9.95. The van der Waals surface area contributed by atoms with Crippen molar-refractivity contribution in [3.05, 3.63) is 32.4 Å². The lowest BCUT2D eigenvalue weighted by Gasteiger charge is -2.15. The monoisotopic (exact) mass is 453 g/mol. The van der Waals surface area contributed by atoms with Gasteiger partial charge in [0.25, 0.3) is 0 Å². The number of hydrogen-bond donors (Lipinski definition) is 1. The predicted molar refractivity (Wildman–Crippen MR) is 109 cm³/mol. The van der Waals surface area contributed by atoms with Crippen molar-refractivity contribution in [1.82, 2.24) is 9.78 Å². The molecule has 1 unspecified atom stereocenters. The summed E-state index contributed by atoms with van der Waals surface area (Å²) in [5.74, 6) is -0.540. The summed E-state index contributed by atoms with van der Waals surface area (Å²) in [6.07, 6.45) is 6.25. The van der Waals surface area contributed by atoms with Gasteiger partial charge in [-0.15, -0.1) is 11.3 Å². The molecule has 2 aromatic heterocycles. The number of aryl methyl sites for hydroxylation is 1. The molecular weight excluding hydrogens is 430 g/mol. The van der Waals surface area contributed by atoms with E-state index in [2.05, 4.69) is 26.3 Å². The molecule has 0 fully saturated rings. The Hall–Kier alpha value is -1.67. The van der Waals surface area contributed by atoms with Crippen LogP contribution in [0.15, 0.2) is 10.7 Å². The molecule has 8 heteroatoms. The minimum atomic E-state index is -0.336. The average molecular weight is 454 g/mol. The van der Waals surface area contributed by atoms with Crippen molar-refractivity contribution in [2.24, 2.45) is 0 Å². The number of ether oxygens (including phenoxy) is 1. The lowest BCUT2D eigenvalue weighted by molar-refractivity contribution is -0.116. The van der Waals surface area contributed by atoms with Gasteiger partial charge < -0.3 is 10.1 Å². The minimum Gasteiger partial charge on any atom is -0.459 e. The van der Waals surface area contributed by atoms with Crippen molar-refractivity contribution in [1.29, 1.82) is 0 Å². The molecule has 1 N–H and O–H groups in total. The maximum Gasteiger partial charge on any atom is 0.341 e. The molecule has 0 aromatic carbocycles. The van der Waals surface area contributed by atoms with Crippen LogP contribution < -0.4 is 5.32 Å². The lowest BCUT2D eigenvalue weighted by Crippen LogP contribution is -2.22. The number of anilines is 1. The average Bonchev–Trinajstić information content (AvgIpc) is 3.15. The van der Waals surface area contributed by atoms with Gasteiger partial charge in [-0.1, -0.05) is 6.92 Å². The number of nitrogens with one attached hydrogen (secondary N) is 1. The Morgan fingerprint density at radius 3 is 2.81 bits per heavy atom. The predicted octanol–water partition coefficient (Wildman–Crippen LogP) is 4.49. The van der Waals surface area contributed by atoms with Crippen molar-refractivity contribution in [2.75, 3.05) is 5.32 Å². The zero-order chi connectivity index (χ0) is 19.6. The first-order valence-corrected chi connectivity index (χ1v) is 10.8. The van der Waals surface area contributed by atoms with Crippen LogP contribution in [-0.2, 0) is 28.9 Å². The number of carbonyl (C=O) groups excluding carboxylic acids is 2. The minimum absolute atomic E-state index is 0.0971.